The molecule has 0 saturated heterocycles. The van der Waals surface area contributed by atoms with E-state index >= 15 is 0 Å². The van der Waals surface area contributed by atoms with E-state index in [4.69, 9.17) is 0 Å². The SMILES string of the molecule is CN(C)C(=O)c1cccc(-c2cc(C(F)(F)F)c(-c3ccccc3)cn2)n1. The van der Waals surface area contributed by atoms with Crippen molar-refractivity contribution < 1.29 is 18.0 Å². The number of aromatic nitrogens is 2. The second-order valence-corrected chi connectivity index (χ2v) is 6.09. The molecule has 1 amide bonds. The molecule has 4 nitrogen and oxygen atoms in total. The molecule has 7 heteroatoms. The van der Waals surface area contributed by atoms with Crippen LogP contribution in [0.4, 0.5) is 13.2 Å². The van der Waals surface area contributed by atoms with E-state index < -0.39 is 11.7 Å². The number of rotatable bonds is 3. The molecule has 0 atom stereocenters. The number of carbonyl (C=O) groups is 1. The standard InChI is InChI=1S/C20H16F3N3O/c1-26(2)19(27)17-10-6-9-16(25-17)18-11-15(20(21,22)23)14(12-24-18)13-7-4-3-5-8-13/h3-12H,1-2H3. The van der Waals surface area contributed by atoms with Crippen LogP contribution in [0.2, 0.25) is 0 Å². The molecule has 0 aliphatic rings. The molecule has 3 rings (SSSR count). The molecule has 2 aromatic heterocycles. The van der Waals surface area contributed by atoms with Crippen LogP contribution in [0, 0.1) is 0 Å². The van der Waals surface area contributed by atoms with Crippen molar-refractivity contribution in [3.8, 4) is 22.5 Å². The van der Waals surface area contributed by atoms with E-state index in [1.807, 2.05) is 0 Å². The topological polar surface area (TPSA) is 46.1 Å². The van der Waals surface area contributed by atoms with E-state index in [-0.39, 0.29) is 28.6 Å². The second-order valence-electron chi connectivity index (χ2n) is 6.09. The first kappa shape index (κ1) is 18.6. The van der Waals surface area contributed by atoms with Gasteiger partial charge in [0, 0.05) is 25.9 Å². The number of halogens is 3. The third kappa shape index (κ3) is 3.97. The van der Waals surface area contributed by atoms with Crippen LogP contribution < -0.4 is 0 Å². The number of alkyl halides is 3. The minimum absolute atomic E-state index is 0.00706. The molecule has 0 aliphatic heterocycles. The van der Waals surface area contributed by atoms with Gasteiger partial charge in [0.1, 0.15) is 5.69 Å². The Bertz CT molecular complexity index is 970. The highest BCUT2D eigenvalue weighted by molar-refractivity contribution is 5.92. The van der Waals surface area contributed by atoms with Crippen LogP contribution >= 0.6 is 0 Å². The summed E-state index contributed by atoms with van der Waals surface area (Å²) in [6.07, 6.45) is -3.37. The van der Waals surface area contributed by atoms with Crippen LogP contribution in [0.1, 0.15) is 16.1 Å². The molecule has 0 bridgehead atoms. The number of hydrogen-bond acceptors (Lipinski definition) is 3. The largest absolute Gasteiger partial charge is 0.417 e. The van der Waals surface area contributed by atoms with Crippen molar-refractivity contribution in [2.75, 3.05) is 14.1 Å². The maximum atomic E-state index is 13.6. The highest BCUT2D eigenvalue weighted by Crippen LogP contribution is 2.38. The fourth-order valence-electron chi connectivity index (χ4n) is 2.60. The van der Waals surface area contributed by atoms with Crippen molar-refractivity contribution in [2.45, 2.75) is 6.18 Å². The van der Waals surface area contributed by atoms with Crippen molar-refractivity contribution in [1.29, 1.82) is 0 Å². The summed E-state index contributed by atoms with van der Waals surface area (Å²) < 4.78 is 40.9. The predicted molar refractivity (Wildman–Crippen MR) is 95.9 cm³/mol. The molecule has 0 saturated carbocycles. The van der Waals surface area contributed by atoms with Gasteiger partial charge in [-0.1, -0.05) is 36.4 Å². The number of hydrogen-bond donors (Lipinski definition) is 0. The lowest BCUT2D eigenvalue weighted by Crippen LogP contribution is -2.22. The molecule has 0 aliphatic carbocycles. The highest BCUT2D eigenvalue weighted by atomic mass is 19.4. The smallest absolute Gasteiger partial charge is 0.343 e. The minimum atomic E-state index is -4.56. The van der Waals surface area contributed by atoms with E-state index in [9.17, 15) is 18.0 Å². The Morgan fingerprint density at radius 1 is 0.963 bits per heavy atom. The van der Waals surface area contributed by atoms with Crippen LogP contribution in [-0.4, -0.2) is 34.9 Å². The van der Waals surface area contributed by atoms with Gasteiger partial charge >= 0.3 is 6.18 Å². The monoisotopic (exact) mass is 371 g/mol. The Hall–Kier alpha value is -3.22. The summed E-state index contributed by atoms with van der Waals surface area (Å²) in [7, 11) is 3.15. The number of benzene rings is 1. The van der Waals surface area contributed by atoms with Gasteiger partial charge in [-0.15, -0.1) is 0 Å². The Balaban J connectivity index is 2.11. The van der Waals surface area contributed by atoms with Crippen molar-refractivity contribution in [3.05, 3.63) is 72.1 Å². The van der Waals surface area contributed by atoms with Crippen molar-refractivity contribution >= 4 is 5.91 Å². The van der Waals surface area contributed by atoms with Gasteiger partial charge in [0.2, 0.25) is 0 Å². The van der Waals surface area contributed by atoms with Crippen molar-refractivity contribution in [2.24, 2.45) is 0 Å². The molecule has 3 aromatic rings. The molecule has 0 N–H and O–H groups in total. The summed E-state index contributed by atoms with van der Waals surface area (Å²) in [5.41, 5.74) is 0.00815. The average Bonchev–Trinajstić information content (AvgIpc) is 2.67. The van der Waals surface area contributed by atoms with E-state index in [0.29, 0.717) is 5.56 Å². The lowest BCUT2D eigenvalue weighted by molar-refractivity contribution is -0.137. The Kier molecular flexibility index (Phi) is 4.94. The van der Waals surface area contributed by atoms with Gasteiger partial charge in [-0.05, 0) is 23.8 Å². The summed E-state index contributed by atoms with van der Waals surface area (Å²) in [4.78, 5) is 21.7. The molecule has 0 unspecified atom stereocenters. The molecular weight excluding hydrogens is 355 g/mol. The fourth-order valence-corrected chi connectivity index (χ4v) is 2.60. The maximum Gasteiger partial charge on any atom is 0.417 e. The van der Waals surface area contributed by atoms with Gasteiger partial charge < -0.3 is 4.90 Å². The first-order valence-corrected chi connectivity index (χ1v) is 8.09. The van der Waals surface area contributed by atoms with Crippen LogP contribution in [0.15, 0.2) is 60.8 Å². The van der Waals surface area contributed by atoms with Gasteiger partial charge in [-0.2, -0.15) is 13.2 Å². The number of carbonyl (C=O) groups excluding carboxylic acids is 1. The van der Waals surface area contributed by atoms with Gasteiger partial charge in [-0.3, -0.25) is 9.78 Å². The average molecular weight is 371 g/mol. The van der Waals surface area contributed by atoms with Gasteiger partial charge in [0.15, 0.2) is 0 Å². The van der Waals surface area contributed by atoms with Gasteiger partial charge in [-0.25, -0.2) is 4.98 Å². The molecule has 1 aromatic carbocycles. The summed E-state index contributed by atoms with van der Waals surface area (Å²) in [6.45, 7) is 0. The van der Waals surface area contributed by atoms with E-state index in [2.05, 4.69) is 9.97 Å². The maximum absolute atomic E-state index is 13.6. The summed E-state index contributed by atoms with van der Waals surface area (Å²) in [6, 6.07) is 13.8. The van der Waals surface area contributed by atoms with E-state index in [1.165, 1.54) is 23.2 Å². The second kappa shape index (κ2) is 7.19. The molecule has 138 valence electrons. The van der Waals surface area contributed by atoms with Gasteiger partial charge in [0.25, 0.3) is 5.91 Å². The highest BCUT2D eigenvalue weighted by Gasteiger charge is 2.34. The Morgan fingerprint density at radius 2 is 1.67 bits per heavy atom. The fraction of sp³-hybridized carbons (Fsp3) is 0.150. The summed E-state index contributed by atoms with van der Waals surface area (Å²) in [5.74, 6) is -0.339. The third-order valence-corrected chi connectivity index (χ3v) is 3.93. The zero-order valence-corrected chi connectivity index (χ0v) is 14.7. The molecular formula is C20H16F3N3O. The Morgan fingerprint density at radius 3 is 2.30 bits per heavy atom. The van der Waals surface area contributed by atoms with Crippen LogP contribution in [0.3, 0.4) is 0 Å². The Labute approximate surface area is 154 Å². The first-order valence-electron chi connectivity index (χ1n) is 8.09. The number of pyridine rings is 2. The zero-order valence-electron chi connectivity index (χ0n) is 14.7. The molecule has 2 heterocycles. The van der Waals surface area contributed by atoms with E-state index in [0.717, 1.165) is 6.07 Å². The van der Waals surface area contributed by atoms with Crippen LogP contribution in [0.25, 0.3) is 22.5 Å². The molecule has 0 spiro atoms. The lowest BCUT2D eigenvalue weighted by atomic mass is 10.00. The van der Waals surface area contributed by atoms with Crippen molar-refractivity contribution in [3.63, 3.8) is 0 Å². The third-order valence-electron chi connectivity index (χ3n) is 3.93. The molecule has 0 radical (unpaired) electrons. The summed E-state index contributed by atoms with van der Waals surface area (Å²) >= 11 is 0. The normalized spacial score (nSPS) is 11.3. The quantitative estimate of drug-likeness (QED) is 0.680. The first-order chi connectivity index (χ1) is 12.8. The predicted octanol–water partition coefficient (Wildman–Crippen LogP) is 4.53. The lowest BCUT2D eigenvalue weighted by Gasteiger charge is -2.15. The molecule has 0 fully saturated rings. The van der Waals surface area contributed by atoms with Crippen molar-refractivity contribution in [1.82, 2.24) is 14.9 Å². The van der Waals surface area contributed by atoms with Crippen LogP contribution in [-0.2, 0) is 6.18 Å². The van der Waals surface area contributed by atoms with E-state index in [1.54, 1.807) is 50.5 Å². The molecule has 27 heavy (non-hydrogen) atoms. The van der Waals surface area contributed by atoms with Gasteiger partial charge in [0.05, 0.1) is 17.0 Å². The minimum Gasteiger partial charge on any atom is -0.343 e. The number of nitrogens with zero attached hydrogens (tertiary/aromatic N) is 3. The summed E-state index contributed by atoms with van der Waals surface area (Å²) in [5, 5.41) is 0. The number of amides is 1. The zero-order chi connectivity index (χ0) is 19.6. The van der Waals surface area contributed by atoms with Crippen LogP contribution in [0.5, 0.6) is 0 Å².